The van der Waals surface area contributed by atoms with E-state index in [1.807, 2.05) is 37.7 Å². The average molecular weight is 371 g/mol. The molecule has 0 unspecified atom stereocenters. The smallest absolute Gasteiger partial charge is 0.240 e. The maximum atomic E-state index is 10.7. The lowest BCUT2D eigenvalue weighted by molar-refractivity contribution is 0.203. The molecule has 0 amide bonds. The summed E-state index contributed by atoms with van der Waals surface area (Å²) in [6, 6.07) is 3.78. The predicted octanol–water partition coefficient (Wildman–Crippen LogP) is 1.61. The summed E-state index contributed by atoms with van der Waals surface area (Å²) in [4.78, 5) is 6.75. The topological polar surface area (TPSA) is 98.0 Å². The van der Waals surface area contributed by atoms with Crippen molar-refractivity contribution in [2.45, 2.75) is 51.9 Å². The lowest BCUT2D eigenvalue weighted by Crippen LogP contribution is -2.23. The van der Waals surface area contributed by atoms with Crippen molar-refractivity contribution in [3.05, 3.63) is 47.1 Å². The van der Waals surface area contributed by atoms with E-state index < -0.39 is 6.10 Å². The number of aromatic nitrogens is 6. The highest BCUT2D eigenvalue weighted by Gasteiger charge is 2.23. The SMILES string of the molecule is CC(C)c1noc(CN2CCCn3nc([C@@H](O)c4ccnn4C)cc3C2)n1. The Morgan fingerprint density at radius 1 is 1.30 bits per heavy atom. The number of aliphatic hydroxyl groups excluding tert-OH is 1. The molecule has 0 fully saturated rings. The highest BCUT2D eigenvalue weighted by Crippen LogP contribution is 2.23. The van der Waals surface area contributed by atoms with Gasteiger partial charge in [0.25, 0.3) is 0 Å². The Balaban J connectivity index is 1.50. The van der Waals surface area contributed by atoms with Crippen molar-refractivity contribution in [3.63, 3.8) is 0 Å². The summed E-state index contributed by atoms with van der Waals surface area (Å²) in [6.07, 6.45) is 1.87. The van der Waals surface area contributed by atoms with Gasteiger partial charge in [-0.2, -0.15) is 15.2 Å². The van der Waals surface area contributed by atoms with Gasteiger partial charge in [-0.3, -0.25) is 14.3 Å². The third-order valence-corrected chi connectivity index (χ3v) is 4.89. The second-order valence-corrected chi connectivity index (χ2v) is 7.33. The number of hydrogen-bond donors (Lipinski definition) is 1. The zero-order chi connectivity index (χ0) is 19.0. The summed E-state index contributed by atoms with van der Waals surface area (Å²) in [5, 5.41) is 23.4. The zero-order valence-electron chi connectivity index (χ0n) is 15.9. The van der Waals surface area contributed by atoms with E-state index in [0.717, 1.165) is 43.3 Å². The Bertz CT molecular complexity index is 911. The normalized spacial score (nSPS) is 16.5. The van der Waals surface area contributed by atoms with Crippen LogP contribution in [-0.2, 0) is 26.7 Å². The van der Waals surface area contributed by atoms with E-state index in [9.17, 15) is 5.11 Å². The molecule has 1 N–H and O–H groups in total. The van der Waals surface area contributed by atoms with Crippen LogP contribution in [-0.4, -0.2) is 46.3 Å². The Labute approximate surface area is 157 Å². The maximum absolute atomic E-state index is 10.7. The molecule has 1 atom stereocenters. The third kappa shape index (κ3) is 3.65. The molecule has 0 aromatic carbocycles. The van der Waals surface area contributed by atoms with Gasteiger partial charge in [0.1, 0.15) is 6.10 Å². The number of aliphatic hydroxyl groups is 1. The fraction of sp³-hybridized carbons (Fsp3) is 0.556. The largest absolute Gasteiger partial charge is 0.380 e. The van der Waals surface area contributed by atoms with Crippen molar-refractivity contribution in [1.29, 1.82) is 0 Å². The van der Waals surface area contributed by atoms with Gasteiger partial charge >= 0.3 is 0 Å². The van der Waals surface area contributed by atoms with Crippen molar-refractivity contribution in [2.24, 2.45) is 7.05 Å². The van der Waals surface area contributed by atoms with Crippen LogP contribution in [0, 0.1) is 0 Å². The molecule has 0 aliphatic carbocycles. The van der Waals surface area contributed by atoms with E-state index >= 15 is 0 Å². The molecule has 0 saturated carbocycles. The minimum Gasteiger partial charge on any atom is -0.380 e. The molecule has 144 valence electrons. The molecule has 1 aliphatic heterocycles. The third-order valence-electron chi connectivity index (χ3n) is 4.89. The summed E-state index contributed by atoms with van der Waals surface area (Å²) < 4.78 is 9.05. The van der Waals surface area contributed by atoms with E-state index in [2.05, 4.69) is 25.2 Å². The quantitative estimate of drug-likeness (QED) is 0.727. The number of nitrogens with zero attached hydrogens (tertiary/aromatic N) is 7. The lowest BCUT2D eigenvalue weighted by Gasteiger charge is -2.16. The summed E-state index contributed by atoms with van der Waals surface area (Å²) >= 11 is 0. The van der Waals surface area contributed by atoms with Gasteiger partial charge < -0.3 is 9.63 Å². The lowest BCUT2D eigenvalue weighted by atomic mass is 10.2. The molecular formula is C18H25N7O2. The van der Waals surface area contributed by atoms with E-state index in [0.29, 0.717) is 18.1 Å². The van der Waals surface area contributed by atoms with Gasteiger partial charge in [-0.1, -0.05) is 19.0 Å². The van der Waals surface area contributed by atoms with Gasteiger partial charge in [-0.15, -0.1) is 0 Å². The number of aryl methyl sites for hydroxylation is 2. The number of rotatable bonds is 5. The summed E-state index contributed by atoms with van der Waals surface area (Å²) in [7, 11) is 1.82. The molecule has 3 aromatic rings. The highest BCUT2D eigenvalue weighted by atomic mass is 16.5. The molecule has 0 radical (unpaired) electrons. The van der Waals surface area contributed by atoms with Crippen LogP contribution in [0.3, 0.4) is 0 Å². The fourth-order valence-corrected chi connectivity index (χ4v) is 3.38. The van der Waals surface area contributed by atoms with Gasteiger partial charge in [0.2, 0.25) is 5.89 Å². The van der Waals surface area contributed by atoms with Crippen molar-refractivity contribution < 1.29 is 9.63 Å². The molecular weight excluding hydrogens is 346 g/mol. The van der Waals surface area contributed by atoms with Crippen LogP contribution >= 0.6 is 0 Å². The monoisotopic (exact) mass is 371 g/mol. The van der Waals surface area contributed by atoms with E-state index in [1.54, 1.807) is 10.9 Å². The average Bonchev–Trinajstić information content (AvgIpc) is 3.33. The van der Waals surface area contributed by atoms with Gasteiger partial charge in [0.15, 0.2) is 5.82 Å². The minimum absolute atomic E-state index is 0.254. The standard InChI is InChI=1S/C18H25N7O2/c1-12(2)18-20-16(27-22-18)11-24-7-4-8-25-13(10-24)9-14(21-25)17(26)15-5-6-19-23(15)3/h5-6,9,12,17,26H,4,7-8,10-11H2,1-3H3/t17-/m1/s1. The predicted molar refractivity (Wildman–Crippen MR) is 96.6 cm³/mol. The molecule has 0 saturated heterocycles. The van der Waals surface area contributed by atoms with Crippen molar-refractivity contribution >= 4 is 0 Å². The second kappa shape index (κ2) is 7.24. The Morgan fingerprint density at radius 3 is 2.85 bits per heavy atom. The molecule has 4 rings (SSSR count). The molecule has 3 aromatic heterocycles. The van der Waals surface area contributed by atoms with Gasteiger partial charge in [-0.25, -0.2) is 0 Å². The van der Waals surface area contributed by atoms with Gasteiger partial charge in [0, 0.05) is 38.8 Å². The van der Waals surface area contributed by atoms with Crippen LogP contribution in [0.2, 0.25) is 0 Å². The molecule has 4 heterocycles. The van der Waals surface area contributed by atoms with Gasteiger partial charge in [-0.05, 0) is 18.6 Å². The molecule has 27 heavy (non-hydrogen) atoms. The van der Waals surface area contributed by atoms with E-state index in [4.69, 9.17) is 4.52 Å². The fourth-order valence-electron chi connectivity index (χ4n) is 3.38. The van der Waals surface area contributed by atoms with Crippen LogP contribution in [0.15, 0.2) is 22.9 Å². The maximum Gasteiger partial charge on any atom is 0.240 e. The van der Waals surface area contributed by atoms with Crippen LogP contribution in [0.5, 0.6) is 0 Å². The molecule has 0 spiro atoms. The Hall–Kier alpha value is -2.52. The van der Waals surface area contributed by atoms with Crippen molar-refractivity contribution in [2.75, 3.05) is 6.54 Å². The molecule has 9 nitrogen and oxygen atoms in total. The first-order valence-corrected chi connectivity index (χ1v) is 9.28. The van der Waals surface area contributed by atoms with Crippen LogP contribution < -0.4 is 0 Å². The summed E-state index contributed by atoms with van der Waals surface area (Å²) in [5.41, 5.74) is 2.45. The van der Waals surface area contributed by atoms with E-state index in [1.165, 1.54) is 0 Å². The summed E-state index contributed by atoms with van der Waals surface area (Å²) in [6.45, 7) is 7.20. The highest BCUT2D eigenvalue weighted by molar-refractivity contribution is 5.21. The van der Waals surface area contributed by atoms with Crippen molar-refractivity contribution in [3.8, 4) is 0 Å². The summed E-state index contributed by atoms with van der Waals surface area (Å²) in [5.74, 6) is 1.64. The van der Waals surface area contributed by atoms with Gasteiger partial charge in [0.05, 0.1) is 23.6 Å². The molecule has 9 heteroatoms. The number of hydrogen-bond acceptors (Lipinski definition) is 7. The van der Waals surface area contributed by atoms with Crippen LogP contribution in [0.25, 0.3) is 0 Å². The first-order chi connectivity index (χ1) is 13.0. The minimum atomic E-state index is -0.782. The first-order valence-electron chi connectivity index (χ1n) is 9.28. The Morgan fingerprint density at radius 2 is 2.15 bits per heavy atom. The number of fused-ring (bicyclic) bond motifs is 1. The molecule has 1 aliphatic rings. The van der Waals surface area contributed by atoms with E-state index in [-0.39, 0.29) is 5.92 Å². The van der Waals surface area contributed by atoms with Crippen LogP contribution in [0.4, 0.5) is 0 Å². The first kappa shape index (κ1) is 17.9. The second-order valence-electron chi connectivity index (χ2n) is 7.33. The zero-order valence-corrected chi connectivity index (χ0v) is 15.9. The van der Waals surface area contributed by atoms with Crippen molar-refractivity contribution in [1.82, 2.24) is 34.6 Å². The van der Waals surface area contributed by atoms with Crippen LogP contribution in [0.1, 0.15) is 61.1 Å². The Kier molecular flexibility index (Phi) is 4.79. The molecule has 0 bridgehead atoms.